The van der Waals surface area contributed by atoms with Crippen LogP contribution in [0, 0.1) is 5.82 Å². The van der Waals surface area contributed by atoms with Crippen molar-refractivity contribution in [1.29, 1.82) is 0 Å². The maximum absolute atomic E-state index is 14.4. The minimum absolute atomic E-state index is 0.000674. The molecule has 1 atom stereocenters. The third-order valence-corrected chi connectivity index (χ3v) is 7.61. The number of halogens is 1. The van der Waals surface area contributed by atoms with E-state index < -0.39 is 11.7 Å². The van der Waals surface area contributed by atoms with Crippen molar-refractivity contribution >= 4 is 28.6 Å². The summed E-state index contributed by atoms with van der Waals surface area (Å²) in [7, 11) is 5.69. The lowest BCUT2D eigenvalue weighted by molar-refractivity contribution is 0.0960. The first-order valence-electron chi connectivity index (χ1n) is 13.4. The number of aromatic nitrogens is 5. The summed E-state index contributed by atoms with van der Waals surface area (Å²) in [5, 5.41) is 6.36. The molecule has 0 saturated carbocycles. The van der Waals surface area contributed by atoms with Crippen molar-refractivity contribution in [3.05, 3.63) is 66.1 Å². The maximum atomic E-state index is 14.4. The summed E-state index contributed by atoms with van der Waals surface area (Å²) in [5.41, 5.74) is 3.03. The van der Waals surface area contributed by atoms with Gasteiger partial charge < -0.3 is 20.4 Å². The summed E-state index contributed by atoms with van der Waals surface area (Å²) in [4.78, 5) is 39.1. The van der Waals surface area contributed by atoms with Crippen LogP contribution >= 0.6 is 0 Å². The number of anilines is 2. The number of hydrogen-bond acceptors (Lipinski definition) is 9. The molecule has 0 unspecified atom stereocenters. The second-order valence-electron chi connectivity index (χ2n) is 10.3. The van der Waals surface area contributed by atoms with Gasteiger partial charge in [-0.1, -0.05) is 25.1 Å². The lowest BCUT2D eigenvalue weighted by Gasteiger charge is -2.35. The van der Waals surface area contributed by atoms with Gasteiger partial charge in [-0.2, -0.15) is 0 Å². The number of para-hydroxylation sites is 1. The summed E-state index contributed by atoms with van der Waals surface area (Å²) in [6.45, 7) is 4.74. The van der Waals surface area contributed by atoms with Crippen molar-refractivity contribution in [3.8, 4) is 11.3 Å². The number of fused-ring (bicyclic) bond motifs is 1. The number of benzene rings is 1. The van der Waals surface area contributed by atoms with E-state index >= 15 is 0 Å². The molecule has 1 aliphatic rings. The Bertz CT molecular complexity index is 1490. The van der Waals surface area contributed by atoms with Gasteiger partial charge in [0.15, 0.2) is 5.82 Å². The lowest BCUT2D eigenvalue weighted by Crippen LogP contribution is -2.42. The molecule has 208 valence electrons. The van der Waals surface area contributed by atoms with Crippen LogP contribution in [0.2, 0.25) is 0 Å². The van der Waals surface area contributed by atoms with Gasteiger partial charge >= 0.3 is 0 Å². The molecule has 10 nitrogen and oxygen atoms in total. The zero-order valence-corrected chi connectivity index (χ0v) is 23.2. The number of amides is 1. The van der Waals surface area contributed by atoms with Crippen molar-refractivity contribution in [1.82, 2.24) is 35.1 Å². The third-order valence-electron chi connectivity index (χ3n) is 7.61. The Balaban J connectivity index is 1.28. The molecule has 0 radical (unpaired) electrons. The summed E-state index contributed by atoms with van der Waals surface area (Å²) in [6, 6.07) is 7.78. The molecule has 4 aromatic rings. The first-order valence-corrected chi connectivity index (χ1v) is 13.4. The molecule has 1 saturated heterocycles. The Morgan fingerprint density at radius 3 is 2.60 bits per heavy atom. The maximum Gasteiger partial charge on any atom is 0.254 e. The second kappa shape index (κ2) is 11.9. The van der Waals surface area contributed by atoms with Gasteiger partial charge in [0.25, 0.3) is 5.91 Å². The molecular formula is C29H34FN9O. The van der Waals surface area contributed by atoms with E-state index in [9.17, 15) is 9.18 Å². The van der Waals surface area contributed by atoms with Crippen LogP contribution in [0.3, 0.4) is 0 Å². The molecule has 0 aliphatic carbocycles. The molecule has 40 heavy (non-hydrogen) atoms. The fourth-order valence-electron chi connectivity index (χ4n) is 5.14. The quantitative estimate of drug-likeness (QED) is 0.343. The Labute approximate surface area is 233 Å². The summed E-state index contributed by atoms with van der Waals surface area (Å²) in [6.07, 6.45) is 8.41. The van der Waals surface area contributed by atoms with E-state index in [1.54, 1.807) is 18.5 Å². The van der Waals surface area contributed by atoms with E-state index in [1.165, 1.54) is 13.4 Å². The van der Waals surface area contributed by atoms with Crippen LogP contribution in [0.15, 0.2) is 49.2 Å². The van der Waals surface area contributed by atoms with E-state index in [4.69, 9.17) is 0 Å². The molecule has 0 bridgehead atoms. The molecule has 1 fully saturated rings. The Morgan fingerprint density at radius 2 is 1.88 bits per heavy atom. The fraction of sp³-hybridized carbons (Fsp3) is 0.379. The Morgan fingerprint density at radius 1 is 1.12 bits per heavy atom. The van der Waals surface area contributed by atoms with Crippen LogP contribution in [0.4, 0.5) is 16.2 Å². The topological polar surface area (TPSA) is 112 Å². The average Bonchev–Trinajstić information content (AvgIpc) is 2.99. The number of piperidine rings is 1. The van der Waals surface area contributed by atoms with Crippen LogP contribution in [0.25, 0.3) is 22.2 Å². The largest absolute Gasteiger partial charge is 0.369 e. The van der Waals surface area contributed by atoms with Gasteiger partial charge in [-0.05, 0) is 38.5 Å². The van der Waals surface area contributed by atoms with Gasteiger partial charge in [0, 0.05) is 62.0 Å². The molecule has 2 N–H and O–H groups in total. The van der Waals surface area contributed by atoms with Crippen LogP contribution in [-0.2, 0) is 0 Å². The van der Waals surface area contributed by atoms with Crippen LogP contribution in [0.1, 0.15) is 41.6 Å². The lowest BCUT2D eigenvalue weighted by atomic mass is 9.96. The zero-order chi connectivity index (χ0) is 28.2. The second-order valence-corrected chi connectivity index (χ2v) is 10.3. The molecule has 5 rings (SSSR count). The molecule has 1 aromatic carbocycles. The van der Waals surface area contributed by atoms with E-state index in [2.05, 4.69) is 59.4 Å². The first kappa shape index (κ1) is 27.3. The van der Waals surface area contributed by atoms with E-state index in [-0.39, 0.29) is 11.5 Å². The number of nitrogens with zero attached hydrogens (tertiary/aromatic N) is 7. The highest BCUT2D eigenvalue weighted by Crippen LogP contribution is 2.28. The molecule has 3 aromatic heterocycles. The minimum Gasteiger partial charge on any atom is -0.369 e. The van der Waals surface area contributed by atoms with Gasteiger partial charge in [-0.25, -0.2) is 24.3 Å². The SMILES string of the molecule is CNC(=O)c1c(F)cnc2c([C@H](C)CNc3cc(-c4cnc(N(C)C5CCN(C)CC5)nc4)ncn3)cccc12. The van der Waals surface area contributed by atoms with E-state index in [0.717, 1.165) is 48.9 Å². The van der Waals surface area contributed by atoms with Gasteiger partial charge in [0.1, 0.15) is 12.1 Å². The zero-order valence-electron chi connectivity index (χ0n) is 23.2. The molecule has 0 spiro atoms. The van der Waals surface area contributed by atoms with Crippen LogP contribution < -0.4 is 15.5 Å². The number of carbonyl (C=O) groups is 1. The molecule has 1 aliphatic heterocycles. The van der Waals surface area contributed by atoms with Gasteiger partial charge in [0.05, 0.1) is 23.0 Å². The summed E-state index contributed by atoms with van der Waals surface area (Å²) in [5.74, 6) is 0.244. The van der Waals surface area contributed by atoms with Crippen LogP contribution in [-0.4, -0.2) is 82.5 Å². The average molecular weight is 544 g/mol. The monoisotopic (exact) mass is 543 g/mol. The first-order chi connectivity index (χ1) is 19.4. The number of nitrogens with one attached hydrogen (secondary N) is 2. The molecule has 11 heteroatoms. The van der Waals surface area contributed by atoms with Crippen molar-refractivity contribution < 1.29 is 9.18 Å². The summed E-state index contributed by atoms with van der Waals surface area (Å²) >= 11 is 0. The van der Waals surface area contributed by atoms with Gasteiger partial charge in [0.2, 0.25) is 5.95 Å². The summed E-state index contributed by atoms with van der Waals surface area (Å²) < 4.78 is 14.4. The third kappa shape index (κ3) is 5.69. The van der Waals surface area contributed by atoms with Crippen LogP contribution in [0.5, 0.6) is 0 Å². The van der Waals surface area contributed by atoms with Crippen molar-refractivity contribution in [2.24, 2.45) is 0 Å². The molecule has 1 amide bonds. The number of likely N-dealkylation sites (tertiary alicyclic amines) is 1. The highest BCUT2D eigenvalue weighted by molar-refractivity contribution is 6.06. The smallest absolute Gasteiger partial charge is 0.254 e. The Kier molecular flexibility index (Phi) is 8.11. The van der Waals surface area contributed by atoms with Crippen molar-refractivity contribution in [2.45, 2.75) is 31.7 Å². The fourth-order valence-corrected chi connectivity index (χ4v) is 5.14. The Hall–Kier alpha value is -4.25. The number of pyridine rings is 1. The number of carbonyl (C=O) groups excluding carboxylic acids is 1. The number of hydrogen-bond donors (Lipinski definition) is 2. The highest BCUT2D eigenvalue weighted by Gasteiger charge is 2.22. The minimum atomic E-state index is -0.645. The van der Waals surface area contributed by atoms with E-state index in [1.807, 2.05) is 25.1 Å². The predicted molar refractivity (Wildman–Crippen MR) is 154 cm³/mol. The normalized spacial score (nSPS) is 15.1. The van der Waals surface area contributed by atoms with Crippen molar-refractivity contribution in [3.63, 3.8) is 0 Å². The van der Waals surface area contributed by atoms with E-state index in [0.29, 0.717) is 35.3 Å². The van der Waals surface area contributed by atoms with Gasteiger partial charge in [-0.3, -0.25) is 9.78 Å². The number of rotatable bonds is 8. The van der Waals surface area contributed by atoms with Gasteiger partial charge in [-0.15, -0.1) is 0 Å². The molecular weight excluding hydrogens is 509 g/mol. The molecule has 4 heterocycles. The highest BCUT2D eigenvalue weighted by atomic mass is 19.1. The standard InChI is InChI=1S/C29H34FN9O/c1-18(21-6-5-7-22-26(28(40)31-2)23(30)16-33-27(21)22)13-32-25-12-24(36-17-37-25)19-14-34-29(35-15-19)39(4)20-8-10-38(3)11-9-20/h5-7,12,14-18,20H,8-11,13H2,1-4H3,(H,31,40)(H,32,36,37)/t18-/m1/s1. The predicted octanol–water partition coefficient (Wildman–Crippen LogP) is 3.73. The van der Waals surface area contributed by atoms with Crippen molar-refractivity contribution in [2.75, 3.05) is 51.0 Å².